The Balaban J connectivity index is 2.62. The Hall–Kier alpha value is -1.94. The van der Waals surface area contributed by atoms with Crippen molar-refractivity contribution in [3.8, 4) is 0 Å². The largest absolute Gasteiger partial charge is 0.357 e. The first-order chi connectivity index (χ1) is 8.56. The van der Waals surface area contributed by atoms with Gasteiger partial charge in [0.25, 0.3) is 0 Å². The predicted molar refractivity (Wildman–Crippen MR) is 69.1 cm³/mol. The molecule has 0 aromatic heterocycles. The molecule has 0 N–H and O–H groups in total. The van der Waals surface area contributed by atoms with Gasteiger partial charge in [-0.1, -0.05) is 18.2 Å². The zero-order chi connectivity index (χ0) is 13.3. The number of anilines is 1. The van der Waals surface area contributed by atoms with E-state index in [9.17, 15) is 9.59 Å². The number of para-hydroxylation sites is 1. The molecule has 1 atom stereocenters. The number of fused-ring (bicyclic) bond motifs is 1. The Morgan fingerprint density at radius 1 is 1.28 bits per heavy atom. The third-order valence-electron chi connectivity index (χ3n) is 2.90. The number of allylic oxidation sites excluding steroid dienone is 1. The predicted octanol–water partition coefficient (Wildman–Crippen LogP) is 2.00. The summed E-state index contributed by atoms with van der Waals surface area (Å²) in [6.07, 6.45) is 0.999. The molecule has 1 aliphatic heterocycles. The van der Waals surface area contributed by atoms with Gasteiger partial charge in [-0.25, -0.2) is 0 Å². The van der Waals surface area contributed by atoms with Gasteiger partial charge in [0.1, 0.15) is 0 Å². The maximum Gasteiger partial charge on any atom is 0.226 e. The van der Waals surface area contributed by atoms with E-state index >= 15 is 0 Å². The Kier molecular flexibility index (Phi) is 3.30. The highest BCUT2D eigenvalue weighted by Gasteiger charge is 2.36. The van der Waals surface area contributed by atoms with Crippen molar-refractivity contribution in [1.82, 2.24) is 0 Å². The molecule has 1 heterocycles. The first kappa shape index (κ1) is 12.5. The van der Waals surface area contributed by atoms with Crippen LogP contribution < -0.4 is 4.90 Å². The number of benzene rings is 1. The van der Waals surface area contributed by atoms with Crippen LogP contribution in [0.25, 0.3) is 5.57 Å². The van der Waals surface area contributed by atoms with Crippen LogP contribution in [0.2, 0.25) is 0 Å². The minimum atomic E-state index is -0.524. The lowest BCUT2D eigenvalue weighted by molar-refractivity contribution is -0.118. The van der Waals surface area contributed by atoms with Crippen LogP contribution in [-0.4, -0.2) is 25.0 Å². The highest BCUT2D eigenvalue weighted by atomic mass is 16.5. The van der Waals surface area contributed by atoms with Gasteiger partial charge < -0.3 is 4.74 Å². The molecule has 0 bridgehead atoms. The van der Waals surface area contributed by atoms with Gasteiger partial charge in [0.15, 0.2) is 12.0 Å². The molecule has 4 heteroatoms. The van der Waals surface area contributed by atoms with Crippen molar-refractivity contribution < 1.29 is 14.3 Å². The van der Waals surface area contributed by atoms with Gasteiger partial charge in [0.2, 0.25) is 5.91 Å². The molecule has 1 amide bonds. The van der Waals surface area contributed by atoms with Crippen molar-refractivity contribution >= 4 is 23.0 Å². The molecule has 0 radical (unpaired) electrons. The molecule has 2 rings (SSSR count). The molecule has 18 heavy (non-hydrogen) atoms. The van der Waals surface area contributed by atoms with Crippen molar-refractivity contribution in [2.24, 2.45) is 0 Å². The molecule has 1 unspecified atom stereocenters. The average Bonchev–Trinajstić information content (AvgIpc) is 2.63. The zero-order valence-corrected chi connectivity index (χ0v) is 10.6. The molecular weight excluding hydrogens is 230 g/mol. The van der Waals surface area contributed by atoms with Crippen molar-refractivity contribution in [1.29, 1.82) is 0 Å². The summed E-state index contributed by atoms with van der Waals surface area (Å²) in [6.45, 7) is 2.97. The fourth-order valence-corrected chi connectivity index (χ4v) is 2.26. The summed E-state index contributed by atoms with van der Waals surface area (Å²) < 4.78 is 5.37. The molecule has 1 aromatic carbocycles. The summed E-state index contributed by atoms with van der Waals surface area (Å²) in [5.74, 6) is -0.173. The number of nitrogens with zero attached hydrogens (tertiary/aromatic N) is 1. The highest BCUT2D eigenvalue weighted by Crippen LogP contribution is 2.40. The van der Waals surface area contributed by atoms with Crippen LogP contribution in [0.3, 0.4) is 0 Å². The van der Waals surface area contributed by atoms with E-state index in [0.717, 1.165) is 16.8 Å². The molecule has 0 aliphatic carbocycles. The fraction of sp³-hybridized carbons (Fsp3) is 0.286. The second-order valence-electron chi connectivity index (χ2n) is 4.20. The average molecular weight is 245 g/mol. The van der Waals surface area contributed by atoms with E-state index in [1.807, 2.05) is 24.3 Å². The topological polar surface area (TPSA) is 46.6 Å². The quantitative estimate of drug-likeness (QED) is 0.749. The SMILES string of the molecule is COC1/C(=C/C(C)=O)c2ccccc2N1C(C)=O. The van der Waals surface area contributed by atoms with Crippen LogP contribution in [0.1, 0.15) is 19.4 Å². The monoisotopic (exact) mass is 245 g/mol. The summed E-state index contributed by atoms with van der Waals surface area (Å²) in [6, 6.07) is 7.48. The van der Waals surface area contributed by atoms with E-state index in [1.165, 1.54) is 27.0 Å². The van der Waals surface area contributed by atoms with Gasteiger partial charge in [-0.15, -0.1) is 0 Å². The lowest BCUT2D eigenvalue weighted by atomic mass is 10.1. The number of carbonyl (C=O) groups is 2. The van der Waals surface area contributed by atoms with Gasteiger partial charge in [0, 0.05) is 25.2 Å². The Labute approximate surface area is 106 Å². The zero-order valence-electron chi connectivity index (χ0n) is 10.6. The number of ether oxygens (including phenoxy) is 1. The number of methoxy groups -OCH3 is 1. The van der Waals surface area contributed by atoms with Gasteiger partial charge in [-0.05, 0) is 19.1 Å². The summed E-state index contributed by atoms with van der Waals surface area (Å²) in [5, 5.41) is 0. The third-order valence-corrected chi connectivity index (χ3v) is 2.90. The number of carbonyl (C=O) groups excluding carboxylic acids is 2. The van der Waals surface area contributed by atoms with E-state index in [1.54, 1.807) is 4.90 Å². The van der Waals surface area contributed by atoms with E-state index in [0.29, 0.717) is 0 Å². The minimum Gasteiger partial charge on any atom is -0.357 e. The summed E-state index contributed by atoms with van der Waals surface area (Å²) >= 11 is 0. The normalized spacial score (nSPS) is 20.1. The van der Waals surface area contributed by atoms with Crippen LogP contribution in [0.5, 0.6) is 0 Å². The number of amides is 1. The highest BCUT2D eigenvalue weighted by molar-refractivity contribution is 6.07. The van der Waals surface area contributed by atoms with Crippen LogP contribution in [0.4, 0.5) is 5.69 Å². The molecular formula is C14H15NO3. The van der Waals surface area contributed by atoms with Crippen LogP contribution in [-0.2, 0) is 14.3 Å². The van der Waals surface area contributed by atoms with Crippen molar-refractivity contribution in [3.05, 3.63) is 35.9 Å². The Morgan fingerprint density at radius 2 is 1.94 bits per heavy atom. The standard InChI is InChI=1S/C14H15NO3/c1-9(16)8-12-11-6-4-5-7-13(11)15(10(2)17)14(12)18-3/h4-8,14H,1-3H3/b12-8+. The molecule has 0 spiro atoms. The lowest BCUT2D eigenvalue weighted by Gasteiger charge is -2.23. The molecule has 0 saturated carbocycles. The minimum absolute atomic E-state index is 0.0627. The van der Waals surface area contributed by atoms with Crippen molar-refractivity contribution in [3.63, 3.8) is 0 Å². The first-order valence-electron chi connectivity index (χ1n) is 5.70. The number of hydrogen-bond acceptors (Lipinski definition) is 3. The summed E-state index contributed by atoms with van der Waals surface area (Å²) in [7, 11) is 1.53. The molecule has 0 fully saturated rings. The van der Waals surface area contributed by atoms with Crippen molar-refractivity contribution in [2.75, 3.05) is 12.0 Å². The second-order valence-corrected chi connectivity index (χ2v) is 4.20. The van der Waals surface area contributed by atoms with Crippen LogP contribution in [0, 0.1) is 0 Å². The van der Waals surface area contributed by atoms with E-state index in [2.05, 4.69) is 0 Å². The van der Waals surface area contributed by atoms with Gasteiger partial charge in [0.05, 0.1) is 5.69 Å². The van der Waals surface area contributed by atoms with Gasteiger partial charge >= 0.3 is 0 Å². The second kappa shape index (κ2) is 4.74. The lowest BCUT2D eigenvalue weighted by Crippen LogP contribution is -2.36. The third kappa shape index (κ3) is 1.95. The molecule has 94 valence electrons. The molecule has 1 aromatic rings. The Morgan fingerprint density at radius 3 is 2.50 bits per heavy atom. The van der Waals surface area contributed by atoms with Crippen LogP contribution >= 0.6 is 0 Å². The number of hydrogen-bond donors (Lipinski definition) is 0. The first-order valence-corrected chi connectivity index (χ1v) is 5.70. The fourth-order valence-electron chi connectivity index (χ4n) is 2.26. The van der Waals surface area contributed by atoms with Gasteiger partial charge in [-0.3, -0.25) is 14.5 Å². The summed E-state index contributed by atoms with van der Waals surface area (Å²) in [5.41, 5.74) is 2.38. The maximum atomic E-state index is 11.7. The van der Waals surface area contributed by atoms with Gasteiger partial charge in [-0.2, -0.15) is 0 Å². The smallest absolute Gasteiger partial charge is 0.226 e. The van der Waals surface area contributed by atoms with Crippen molar-refractivity contribution in [2.45, 2.75) is 20.1 Å². The van der Waals surface area contributed by atoms with Crippen LogP contribution in [0.15, 0.2) is 30.3 Å². The number of ketones is 1. The molecule has 0 saturated heterocycles. The van der Waals surface area contributed by atoms with E-state index < -0.39 is 6.23 Å². The number of rotatable bonds is 2. The Bertz CT molecular complexity index is 534. The molecule has 1 aliphatic rings. The van der Waals surface area contributed by atoms with E-state index in [-0.39, 0.29) is 11.7 Å². The van der Waals surface area contributed by atoms with E-state index in [4.69, 9.17) is 4.74 Å². The summed E-state index contributed by atoms with van der Waals surface area (Å²) in [4.78, 5) is 24.6. The maximum absolute atomic E-state index is 11.7. The molecule has 4 nitrogen and oxygen atoms in total.